The lowest BCUT2D eigenvalue weighted by atomic mass is 10.00. The third-order valence-electron chi connectivity index (χ3n) is 5.54. The molecular weight excluding hydrogens is 462 g/mol. The van der Waals surface area contributed by atoms with Gasteiger partial charge in [-0.1, -0.05) is 70.0 Å². The zero-order valence-corrected chi connectivity index (χ0v) is 19.3. The lowest BCUT2D eigenvalue weighted by Crippen LogP contribution is -2.10. The van der Waals surface area contributed by atoms with Crippen molar-refractivity contribution < 1.29 is 9.53 Å². The minimum Gasteiger partial charge on any atom is -0.423 e. The standard InChI is InChI=1S/C28H20BrNO2/c1-17-13-18(2)27-24(14-17)25(16-26(30-27)20-7-10-22(29)11-8-20)28(31)32-23-12-9-19-5-3-4-6-21(19)15-23/h3-16H,1-2H3. The molecule has 1 heterocycles. The molecule has 4 heteroatoms. The van der Waals surface area contributed by atoms with Crippen LogP contribution in [0.1, 0.15) is 21.5 Å². The molecule has 32 heavy (non-hydrogen) atoms. The highest BCUT2D eigenvalue weighted by molar-refractivity contribution is 9.10. The average molecular weight is 482 g/mol. The molecule has 0 aliphatic carbocycles. The SMILES string of the molecule is Cc1cc(C)c2nc(-c3ccc(Br)cc3)cc(C(=O)Oc3ccc4ccccc4c3)c2c1. The average Bonchev–Trinajstić information content (AvgIpc) is 2.79. The first kappa shape index (κ1) is 20.4. The van der Waals surface area contributed by atoms with Gasteiger partial charge in [0, 0.05) is 15.4 Å². The molecule has 0 saturated carbocycles. The number of rotatable bonds is 3. The van der Waals surface area contributed by atoms with E-state index < -0.39 is 5.97 Å². The van der Waals surface area contributed by atoms with Crippen molar-refractivity contribution in [2.45, 2.75) is 13.8 Å². The second kappa shape index (κ2) is 8.21. The van der Waals surface area contributed by atoms with Gasteiger partial charge in [-0.15, -0.1) is 0 Å². The molecule has 5 rings (SSSR count). The van der Waals surface area contributed by atoms with Gasteiger partial charge in [0.1, 0.15) is 5.75 Å². The monoisotopic (exact) mass is 481 g/mol. The molecule has 0 spiro atoms. The van der Waals surface area contributed by atoms with E-state index in [1.54, 1.807) is 0 Å². The Balaban J connectivity index is 1.63. The predicted molar refractivity (Wildman–Crippen MR) is 133 cm³/mol. The largest absolute Gasteiger partial charge is 0.423 e. The number of esters is 1. The Kier molecular flexibility index (Phi) is 5.24. The molecule has 156 valence electrons. The molecule has 0 saturated heterocycles. The number of benzene rings is 4. The van der Waals surface area contributed by atoms with E-state index in [-0.39, 0.29) is 0 Å². The van der Waals surface area contributed by atoms with Crippen molar-refractivity contribution in [3.05, 3.63) is 106 Å². The Labute approximate surface area is 194 Å². The summed E-state index contributed by atoms with van der Waals surface area (Å²) in [6.45, 7) is 4.04. The van der Waals surface area contributed by atoms with Gasteiger partial charge in [-0.3, -0.25) is 0 Å². The summed E-state index contributed by atoms with van der Waals surface area (Å²) in [5.74, 6) is 0.129. The second-order valence-electron chi connectivity index (χ2n) is 7.94. The number of hydrogen-bond acceptors (Lipinski definition) is 3. The number of aryl methyl sites for hydroxylation is 2. The van der Waals surface area contributed by atoms with Gasteiger partial charge in [0.25, 0.3) is 0 Å². The van der Waals surface area contributed by atoms with Gasteiger partial charge in [0.05, 0.1) is 16.8 Å². The molecule has 0 unspecified atom stereocenters. The van der Waals surface area contributed by atoms with Gasteiger partial charge in [0.15, 0.2) is 0 Å². The minimum atomic E-state index is -0.393. The summed E-state index contributed by atoms with van der Waals surface area (Å²) in [6, 6.07) is 27.5. The Hall–Kier alpha value is -3.50. The highest BCUT2D eigenvalue weighted by atomic mass is 79.9. The third kappa shape index (κ3) is 3.90. The summed E-state index contributed by atoms with van der Waals surface area (Å²) in [5, 5.41) is 2.93. The highest BCUT2D eigenvalue weighted by Crippen LogP contribution is 2.30. The Morgan fingerprint density at radius 2 is 1.59 bits per heavy atom. The first-order valence-electron chi connectivity index (χ1n) is 10.4. The van der Waals surface area contributed by atoms with E-state index in [1.807, 2.05) is 92.7 Å². The molecule has 0 aliphatic rings. The van der Waals surface area contributed by atoms with Gasteiger partial charge in [-0.25, -0.2) is 9.78 Å². The van der Waals surface area contributed by atoms with Crippen molar-refractivity contribution in [1.82, 2.24) is 4.98 Å². The highest BCUT2D eigenvalue weighted by Gasteiger charge is 2.18. The zero-order valence-electron chi connectivity index (χ0n) is 17.7. The van der Waals surface area contributed by atoms with Crippen LogP contribution in [-0.2, 0) is 0 Å². The van der Waals surface area contributed by atoms with Gasteiger partial charge in [-0.05, 0) is 66.6 Å². The van der Waals surface area contributed by atoms with Crippen LogP contribution in [0.5, 0.6) is 5.75 Å². The summed E-state index contributed by atoms with van der Waals surface area (Å²) in [7, 11) is 0. The lowest BCUT2D eigenvalue weighted by Gasteiger charge is -2.13. The minimum absolute atomic E-state index is 0.393. The van der Waals surface area contributed by atoms with Gasteiger partial charge >= 0.3 is 5.97 Å². The maximum atomic E-state index is 13.4. The molecule has 0 aliphatic heterocycles. The van der Waals surface area contributed by atoms with Crippen LogP contribution in [0.3, 0.4) is 0 Å². The molecule has 4 aromatic carbocycles. The molecule has 0 atom stereocenters. The van der Waals surface area contributed by atoms with Crippen LogP contribution >= 0.6 is 15.9 Å². The normalized spacial score (nSPS) is 11.1. The quantitative estimate of drug-likeness (QED) is 0.196. The van der Waals surface area contributed by atoms with Crippen molar-refractivity contribution in [1.29, 1.82) is 0 Å². The van der Waals surface area contributed by atoms with Crippen LogP contribution in [-0.4, -0.2) is 11.0 Å². The summed E-state index contributed by atoms with van der Waals surface area (Å²) >= 11 is 3.47. The molecule has 0 N–H and O–H groups in total. The zero-order chi connectivity index (χ0) is 22.2. The molecule has 0 bridgehead atoms. The van der Waals surface area contributed by atoms with Crippen molar-refractivity contribution in [3.63, 3.8) is 0 Å². The smallest absolute Gasteiger partial charge is 0.344 e. The summed E-state index contributed by atoms with van der Waals surface area (Å²) in [4.78, 5) is 18.3. The summed E-state index contributed by atoms with van der Waals surface area (Å²) < 4.78 is 6.82. The predicted octanol–water partition coefficient (Wildman–Crippen LogP) is 7.65. The topological polar surface area (TPSA) is 39.2 Å². The van der Waals surface area contributed by atoms with E-state index in [9.17, 15) is 4.79 Å². The van der Waals surface area contributed by atoms with Crippen LogP contribution in [0, 0.1) is 13.8 Å². The number of nitrogens with zero attached hydrogens (tertiary/aromatic N) is 1. The van der Waals surface area contributed by atoms with Crippen LogP contribution in [0.25, 0.3) is 32.9 Å². The summed E-state index contributed by atoms with van der Waals surface area (Å²) in [6.07, 6.45) is 0. The number of fused-ring (bicyclic) bond motifs is 2. The molecular formula is C28H20BrNO2. The molecule has 0 radical (unpaired) electrons. The van der Waals surface area contributed by atoms with E-state index in [0.717, 1.165) is 48.5 Å². The molecule has 0 fully saturated rings. The van der Waals surface area contributed by atoms with E-state index in [1.165, 1.54) is 0 Å². The van der Waals surface area contributed by atoms with Crippen LogP contribution < -0.4 is 4.74 Å². The first-order valence-corrected chi connectivity index (χ1v) is 11.2. The Bertz CT molecular complexity index is 1490. The van der Waals surface area contributed by atoms with Crippen LogP contribution in [0.4, 0.5) is 0 Å². The van der Waals surface area contributed by atoms with Gasteiger partial charge in [0.2, 0.25) is 0 Å². The molecule has 5 aromatic rings. The van der Waals surface area contributed by atoms with Crippen molar-refractivity contribution in [2.75, 3.05) is 0 Å². The number of ether oxygens (including phenoxy) is 1. The van der Waals surface area contributed by atoms with Crippen LogP contribution in [0.2, 0.25) is 0 Å². The fourth-order valence-electron chi connectivity index (χ4n) is 4.01. The number of halogens is 1. The Morgan fingerprint density at radius 1 is 0.844 bits per heavy atom. The molecule has 3 nitrogen and oxygen atoms in total. The Morgan fingerprint density at radius 3 is 2.38 bits per heavy atom. The van der Waals surface area contributed by atoms with Gasteiger partial charge < -0.3 is 4.74 Å². The molecule has 0 amide bonds. The fourth-order valence-corrected chi connectivity index (χ4v) is 4.28. The van der Waals surface area contributed by atoms with Crippen molar-refractivity contribution >= 4 is 43.6 Å². The number of carbonyl (C=O) groups excluding carboxylic acids is 1. The lowest BCUT2D eigenvalue weighted by molar-refractivity contribution is 0.0737. The maximum Gasteiger partial charge on any atom is 0.344 e. The number of hydrogen-bond donors (Lipinski definition) is 0. The second-order valence-corrected chi connectivity index (χ2v) is 8.85. The van der Waals surface area contributed by atoms with E-state index in [0.29, 0.717) is 11.3 Å². The number of carbonyl (C=O) groups is 1. The maximum absolute atomic E-state index is 13.4. The molecule has 1 aromatic heterocycles. The first-order chi connectivity index (χ1) is 15.5. The third-order valence-corrected chi connectivity index (χ3v) is 6.07. The number of aromatic nitrogens is 1. The van der Waals surface area contributed by atoms with Crippen molar-refractivity contribution in [2.24, 2.45) is 0 Å². The van der Waals surface area contributed by atoms with E-state index in [2.05, 4.69) is 22.0 Å². The summed E-state index contributed by atoms with van der Waals surface area (Å²) in [5.41, 5.74) is 5.10. The van der Waals surface area contributed by atoms with Gasteiger partial charge in [-0.2, -0.15) is 0 Å². The van der Waals surface area contributed by atoms with Crippen LogP contribution in [0.15, 0.2) is 89.4 Å². The number of pyridine rings is 1. The fraction of sp³-hybridized carbons (Fsp3) is 0.0714. The van der Waals surface area contributed by atoms with E-state index in [4.69, 9.17) is 9.72 Å². The van der Waals surface area contributed by atoms with Crippen molar-refractivity contribution in [3.8, 4) is 17.0 Å². The van der Waals surface area contributed by atoms with E-state index >= 15 is 0 Å².